The van der Waals surface area contributed by atoms with Crippen LogP contribution < -0.4 is 11.0 Å². The molecule has 3 heterocycles. The Bertz CT molecular complexity index is 1310. The lowest BCUT2D eigenvalue weighted by atomic mass is 10.0. The van der Waals surface area contributed by atoms with Crippen molar-refractivity contribution in [1.82, 2.24) is 24.8 Å². The first-order chi connectivity index (χ1) is 15.9. The second-order valence-corrected chi connectivity index (χ2v) is 9.08. The summed E-state index contributed by atoms with van der Waals surface area (Å²) in [7, 11) is 0. The Morgan fingerprint density at radius 1 is 1.21 bits per heavy atom. The Hall–Kier alpha value is -3.63. The molecule has 1 atom stereocenters. The summed E-state index contributed by atoms with van der Waals surface area (Å²) in [5.41, 5.74) is -1.16. The van der Waals surface area contributed by atoms with Crippen molar-refractivity contribution in [2.45, 2.75) is 38.9 Å². The van der Waals surface area contributed by atoms with E-state index in [0.717, 1.165) is 16.7 Å². The summed E-state index contributed by atoms with van der Waals surface area (Å²) in [5.74, 6) is -0.499. The van der Waals surface area contributed by atoms with Crippen LogP contribution in [0, 0.1) is 5.92 Å². The summed E-state index contributed by atoms with van der Waals surface area (Å²) in [6.07, 6.45) is -3.29. The average Bonchev–Trinajstić information content (AvgIpc) is 3.31. The van der Waals surface area contributed by atoms with Crippen molar-refractivity contribution < 1.29 is 22.8 Å². The molecule has 1 aliphatic rings. The number of likely N-dealkylation sites (tertiary alicyclic amines) is 1. The van der Waals surface area contributed by atoms with Crippen LogP contribution in [0.2, 0.25) is 0 Å². The number of aromatic amines is 1. The Kier molecular flexibility index (Phi) is 5.74. The molecule has 1 unspecified atom stereocenters. The molecule has 0 bridgehead atoms. The van der Waals surface area contributed by atoms with E-state index in [-0.39, 0.29) is 29.1 Å². The van der Waals surface area contributed by atoms with Crippen molar-refractivity contribution in [3.8, 4) is 5.82 Å². The maximum Gasteiger partial charge on any atom is 0.417 e. The van der Waals surface area contributed by atoms with Gasteiger partial charge in [0.25, 0.3) is 5.91 Å². The number of rotatable bonds is 4. The SMILES string of the molecule is CC(C)C(=O)N1CCC(C)(NC(=O)c2ccc3[nH]c(=O)n(-c4ccc(C(F)(F)F)cn4)c3c2)C1. The van der Waals surface area contributed by atoms with Crippen LogP contribution in [0.5, 0.6) is 0 Å². The molecule has 2 amide bonds. The number of carbonyl (C=O) groups excluding carboxylic acids is 2. The Balaban J connectivity index is 1.61. The van der Waals surface area contributed by atoms with Gasteiger partial charge in [0.15, 0.2) is 0 Å². The van der Waals surface area contributed by atoms with Crippen LogP contribution in [0.4, 0.5) is 13.2 Å². The zero-order chi connectivity index (χ0) is 24.8. The third-order valence-corrected chi connectivity index (χ3v) is 5.94. The first kappa shape index (κ1) is 23.5. The zero-order valence-electron chi connectivity index (χ0n) is 18.9. The Morgan fingerprint density at radius 2 is 1.94 bits per heavy atom. The minimum absolute atomic E-state index is 0.00703. The van der Waals surface area contributed by atoms with Crippen LogP contribution in [0.25, 0.3) is 16.9 Å². The van der Waals surface area contributed by atoms with Crippen LogP contribution in [0.3, 0.4) is 0 Å². The summed E-state index contributed by atoms with van der Waals surface area (Å²) in [6, 6.07) is 6.53. The van der Waals surface area contributed by atoms with Crippen molar-refractivity contribution in [1.29, 1.82) is 0 Å². The molecule has 0 spiro atoms. The van der Waals surface area contributed by atoms with E-state index in [9.17, 15) is 27.6 Å². The van der Waals surface area contributed by atoms with E-state index >= 15 is 0 Å². The highest BCUT2D eigenvalue weighted by molar-refractivity contribution is 5.98. The van der Waals surface area contributed by atoms with E-state index in [4.69, 9.17) is 0 Å². The normalized spacial score (nSPS) is 18.6. The van der Waals surface area contributed by atoms with Gasteiger partial charge >= 0.3 is 11.9 Å². The number of carbonyl (C=O) groups is 2. The van der Waals surface area contributed by atoms with Gasteiger partial charge in [-0.1, -0.05) is 13.8 Å². The molecular formula is C23H24F3N5O3. The molecule has 0 radical (unpaired) electrons. The summed E-state index contributed by atoms with van der Waals surface area (Å²) >= 11 is 0. The topological polar surface area (TPSA) is 100 Å². The number of nitrogens with zero attached hydrogens (tertiary/aromatic N) is 3. The lowest BCUT2D eigenvalue weighted by Gasteiger charge is -2.27. The molecule has 0 saturated carbocycles. The number of hydrogen-bond donors (Lipinski definition) is 2. The number of benzene rings is 1. The largest absolute Gasteiger partial charge is 0.417 e. The standard InChI is InChI=1S/C23H24F3N5O3/c1-13(2)20(33)30-9-8-22(3,12-30)29-19(32)14-4-6-16-17(10-14)31(21(34)28-16)18-7-5-15(11-27-18)23(24,25)26/h4-7,10-11,13H,8-9,12H2,1-3H3,(H,28,34)(H,29,32). The monoisotopic (exact) mass is 475 g/mol. The lowest BCUT2D eigenvalue weighted by Crippen LogP contribution is -2.48. The molecule has 1 saturated heterocycles. The van der Waals surface area contributed by atoms with Gasteiger partial charge in [-0.3, -0.25) is 9.59 Å². The highest BCUT2D eigenvalue weighted by Crippen LogP contribution is 2.29. The molecule has 11 heteroatoms. The quantitative estimate of drug-likeness (QED) is 0.606. The minimum Gasteiger partial charge on any atom is -0.345 e. The average molecular weight is 475 g/mol. The number of aromatic nitrogens is 3. The van der Waals surface area contributed by atoms with Gasteiger partial charge in [-0.15, -0.1) is 0 Å². The highest BCUT2D eigenvalue weighted by Gasteiger charge is 2.38. The molecule has 3 aromatic rings. The number of hydrogen-bond acceptors (Lipinski definition) is 4. The predicted molar refractivity (Wildman–Crippen MR) is 119 cm³/mol. The van der Waals surface area contributed by atoms with Gasteiger partial charge < -0.3 is 15.2 Å². The maximum atomic E-state index is 13.0. The van der Waals surface area contributed by atoms with E-state index in [2.05, 4.69) is 15.3 Å². The zero-order valence-corrected chi connectivity index (χ0v) is 18.9. The molecule has 0 aliphatic carbocycles. The van der Waals surface area contributed by atoms with Gasteiger partial charge in [0.2, 0.25) is 5.91 Å². The van der Waals surface area contributed by atoms with E-state index in [0.29, 0.717) is 36.7 Å². The fourth-order valence-corrected chi connectivity index (χ4v) is 4.12. The number of imidazole rings is 1. The van der Waals surface area contributed by atoms with Crippen LogP contribution in [0.1, 0.15) is 43.1 Å². The first-order valence-electron chi connectivity index (χ1n) is 10.8. The van der Waals surface area contributed by atoms with Gasteiger partial charge in [0.05, 0.1) is 22.1 Å². The number of amides is 2. The molecule has 1 fully saturated rings. The van der Waals surface area contributed by atoms with Crippen LogP contribution >= 0.6 is 0 Å². The fourth-order valence-electron chi connectivity index (χ4n) is 4.12. The van der Waals surface area contributed by atoms with E-state index in [1.807, 2.05) is 20.8 Å². The van der Waals surface area contributed by atoms with Gasteiger partial charge in [0, 0.05) is 30.8 Å². The fraction of sp³-hybridized carbons (Fsp3) is 0.391. The second kappa shape index (κ2) is 8.30. The van der Waals surface area contributed by atoms with Gasteiger partial charge in [-0.2, -0.15) is 13.2 Å². The van der Waals surface area contributed by atoms with Crippen molar-refractivity contribution in [3.63, 3.8) is 0 Å². The number of alkyl halides is 3. The molecule has 2 aromatic heterocycles. The molecular weight excluding hydrogens is 451 g/mol. The third kappa shape index (κ3) is 4.42. The summed E-state index contributed by atoms with van der Waals surface area (Å²) in [6.45, 7) is 6.46. The summed E-state index contributed by atoms with van der Waals surface area (Å²) < 4.78 is 39.7. The highest BCUT2D eigenvalue weighted by atomic mass is 19.4. The smallest absolute Gasteiger partial charge is 0.345 e. The molecule has 8 nitrogen and oxygen atoms in total. The van der Waals surface area contributed by atoms with Crippen molar-refractivity contribution in [2.75, 3.05) is 13.1 Å². The Labute approximate surface area is 192 Å². The number of halogens is 3. The maximum absolute atomic E-state index is 13.0. The molecule has 4 rings (SSSR count). The number of nitrogens with one attached hydrogen (secondary N) is 2. The predicted octanol–water partition coefficient (Wildman–Crippen LogP) is 3.11. The van der Waals surface area contributed by atoms with E-state index in [1.54, 1.807) is 17.0 Å². The third-order valence-electron chi connectivity index (χ3n) is 5.94. The van der Waals surface area contributed by atoms with E-state index in [1.165, 1.54) is 6.07 Å². The van der Waals surface area contributed by atoms with Crippen molar-refractivity contribution >= 4 is 22.8 Å². The van der Waals surface area contributed by atoms with Crippen LogP contribution in [-0.4, -0.2) is 49.9 Å². The minimum atomic E-state index is -4.55. The number of fused-ring (bicyclic) bond motifs is 1. The van der Waals surface area contributed by atoms with E-state index < -0.39 is 23.0 Å². The van der Waals surface area contributed by atoms with Gasteiger partial charge in [0.1, 0.15) is 5.82 Å². The second-order valence-electron chi connectivity index (χ2n) is 9.08. The summed E-state index contributed by atoms with van der Waals surface area (Å²) in [5, 5.41) is 2.98. The molecule has 1 aliphatic heterocycles. The number of H-pyrrole nitrogens is 1. The van der Waals surface area contributed by atoms with Crippen molar-refractivity contribution in [2.24, 2.45) is 5.92 Å². The van der Waals surface area contributed by atoms with Crippen LogP contribution in [-0.2, 0) is 11.0 Å². The van der Waals surface area contributed by atoms with Gasteiger partial charge in [-0.05, 0) is 43.7 Å². The lowest BCUT2D eigenvalue weighted by molar-refractivity contribution is -0.138. The first-order valence-corrected chi connectivity index (χ1v) is 10.8. The molecule has 34 heavy (non-hydrogen) atoms. The number of pyridine rings is 1. The Morgan fingerprint density at radius 3 is 2.56 bits per heavy atom. The van der Waals surface area contributed by atoms with Crippen molar-refractivity contribution in [3.05, 3.63) is 58.1 Å². The molecule has 180 valence electrons. The summed E-state index contributed by atoms with van der Waals surface area (Å²) in [4.78, 5) is 45.9. The van der Waals surface area contributed by atoms with Gasteiger partial charge in [-0.25, -0.2) is 14.3 Å². The molecule has 2 N–H and O–H groups in total. The molecule has 1 aromatic carbocycles. The van der Waals surface area contributed by atoms with Crippen LogP contribution in [0.15, 0.2) is 41.3 Å².